The Kier molecular flexibility index (Phi) is 6.64. The highest BCUT2D eigenvalue weighted by Crippen LogP contribution is 2.44. The molecule has 0 aromatic heterocycles. The average Bonchev–Trinajstić information content (AvgIpc) is 3.54. The lowest BCUT2D eigenvalue weighted by Crippen LogP contribution is -2.56. The predicted octanol–water partition coefficient (Wildman–Crippen LogP) is 4.26. The average molecular weight is 465 g/mol. The van der Waals surface area contributed by atoms with Crippen molar-refractivity contribution in [1.82, 2.24) is 10.2 Å². The number of rotatable bonds is 8. The van der Waals surface area contributed by atoms with Crippen molar-refractivity contribution in [2.75, 3.05) is 19.7 Å². The summed E-state index contributed by atoms with van der Waals surface area (Å²) < 4.78 is 5.63. The first-order chi connectivity index (χ1) is 16.1. The van der Waals surface area contributed by atoms with Crippen LogP contribution in [0.5, 0.6) is 0 Å². The summed E-state index contributed by atoms with van der Waals surface area (Å²) in [5.74, 6) is -1.21. The number of carboxylic acids is 1. The van der Waals surface area contributed by atoms with E-state index in [1.807, 2.05) is 57.2 Å². The summed E-state index contributed by atoms with van der Waals surface area (Å²) >= 11 is 0. The molecular formula is C27H32N2O5. The number of carboxylic acid groups (broad SMARTS) is 1. The molecule has 0 aliphatic heterocycles. The molecule has 2 aromatic carbocycles. The number of hydrogen-bond donors (Lipinski definition) is 2. The Morgan fingerprint density at radius 1 is 1.03 bits per heavy atom. The van der Waals surface area contributed by atoms with Gasteiger partial charge in [-0.1, -0.05) is 69.3 Å². The Morgan fingerprint density at radius 2 is 1.59 bits per heavy atom. The van der Waals surface area contributed by atoms with Crippen molar-refractivity contribution in [1.29, 1.82) is 0 Å². The molecule has 1 fully saturated rings. The number of nitrogens with one attached hydrogen (secondary N) is 1. The van der Waals surface area contributed by atoms with Gasteiger partial charge in [-0.15, -0.1) is 0 Å². The van der Waals surface area contributed by atoms with Gasteiger partial charge in [0.15, 0.2) is 0 Å². The van der Waals surface area contributed by atoms with Crippen LogP contribution >= 0.6 is 0 Å². The number of fused-ring (bicyclic) bond motifs is 3. The molecule has 1 saturated carbocycles. The number of nitrogens with zero attached hydrogens (tertiary/aromatic N) is 1. The molecule has 34 heavy (non-hydrogen) atoms. The molecule has 0 radical (unpaired) electrons. The molecule has 0 heterocycles. The molecule has 2 aromatic rings. The van der Waals surface area contributed by atoms with Crippen LogP contribution < -0.4 is 5.32 Å². The van der Waals surface area contributed by atoms with Gasteiger partial charge in [0.1, 0.15) is 19.2 Å². The predicted molar refractivity (Wildman–Crippen MR) is 128 cm³/mol. The zero-order valence-electron chi connectivity index (χ0n) is 19.9. The highest BCUT2D eigenvalue weighted by Gasteiger charge is 2.39. The third kappa shape index (κ3) is 5.24. The number of benzene rings is 2. The van der Waals surface area contributed by atoms with E-state index in [-0.39, 0.29) is 19.1 Å². The van der Waals surface area contributed by atoms with Gasteiger partial charge in [0.25, 0.3) is 0 Å². The Labute approximate surface area is 200 Å². The standard InChI is InChI=1S/C27H32N2O5/c1-27(2,3)24(25(32)29(15-23(30)31)14-17-12-13-17)28-26(33)34-16-22-20-10-6-4-8-18(20)19-9-5-7-11-21(19)22/h4-11,17,22,24H,12-16H2,1-3H3,(H,28,33)(H,30,31). The molecule has 1 atom stereocenters. The van der Waals surface area contributed by atoms with E-state index in [1.165, 1.54) is 4.90 Å². The fraction of sp³-hybridized carbons (Fsp3) is 0.444. The zero-order chi connectivity index (χ0) is 24.5. The summed E-state index contributed by atoms with van der Waals surface area (Å²) in [4.78, 5) is 38.9. The van der Waals surface area contributed by atoms with Gasteiger partial charge in [0.2, 0.25) is 5.91 Å². The van der Waals surface area contributed by atoms with Crippen molar-refractivity contribution in [3.05, 3.63) is 59.7 Å². The van der Waals surface area contributed by atoms with Crippen LogP contribution in [0.15, 0.2) is 48.5 Å². The normalized spacial score (nSPS) is 15.7. The molecule has 180 valence electrons. The maximum absolute atomic E-state index is 13.3. The Bertz CT molecular complexity index is 1040. The number of aliphatic carboxylic acids is 1. The van der Waals surface area contributed by atoms with Crippen molar-refractivity contribution in [3.63, 3.8) is 0 Å². The molecule has 2 aliphatic carbocycles. The van der Waals surface area contributed by atoms with Crippen LogP contribution in [0.1, 0.15) is 50.7 Å². The van der Waals surface area contributed by atoms with E-state index < -0.39 is 29.4 Å². The van der Waals surface area contributed by atoms with E-state index in [1.54, 1.807) is 0 Å². The molecular weight excluding hydrogens is 432 g/mol. The second kappa shape index (κ2) is 9.49. The van der Waals surface area contributed by atoms with E-state index >= 15 is 0 Å². The largest absolute Gasteiger partial charge is 0.480 e. The van der Waals surface area contributed by atoms with E-state index in [2.05, 4.69) is 17.4 Å². The van der Waals surface area contributed by atoms with Crippen LogP contribution in [0, 0.1) is 11.3 Å². The SMILES string of the molecule is CC(C)(C)C(NC(=O)OCC1c2ccccc2-c2ccccc21)C(=O)N(CC(=O)O)CC1CC1. The number of carbonyl (C=O) groups excluding carboxylic acids is 2. The number of ether oxygens (including phenoxy) is 1. The highest BCUT2D eigenvalue weighted by molar-refractivity contribution is 5.89. The molecule has 0 bridgehead atoms. The van der Waals surface area contributed by atoms with Crippen LogP contribution in [0.4, 0.5) is 4.79 Å². The van der Waals surface area contributed by atoms with Crippen LogP contribution in [0.2, 0.25) is 0 Å². The summed E-state index contributed by atoms with van der Waals surface area (Å²) in [7, 11) is 0. The van der Waals surface area contributed by atoms with Crippen LogP contribution in [-0.4, -0.2) is 53.7 Å². The van der Waals surface area contributed by atoms with E-state index in [0.717, 1.165) is 35.1 Å². The molecule has 4 rings (SSSR count). The van der Waals surface area contributed by atoms with Crippen molar-refractivity contribution in [3.8, 4) is 11.1 Å². The van der Waals surface area contributed by atoms with Crippen molar-refractivity contribution in [2.45, 2.75) is 45.6 Å². The summed E-state index contributed by atoms with van der Waals surface area (Å²) in [6, 6.07) is 15.3. The number of alkyl carbamates (subject to hydrolysis) is 1. The summed E-state index contributed by atoms with van der Waals surface area (Å²) in [5.41, 5.74) is 3.87. The number of hydrogen-bond acceptors (Lipinski definition) is 4. The van der Waals surface area contributed by atoms with Gasteiger partial charge < -0.3 is 20.1 Å². The van der Waals surface area contributed by atoms with E-state index in [0.29, 0.717) is 12.5 Å². The molecule has 2 amide bonds. The summed E-state index contributed by atoms with van der Waals surface area (Å²) in [6.45, 7) is 5.68. The second-order valence-corrected chi connectivity index (χ2v) is 10.3. The second-order valence-electron chi connectivity index (χ2n) is 10.3. The Hall–Kier alpha value is -3.35. The minimum atomic E-state index is -1.07. The fourth-order valence-electron chi connectivity index (χ4n) is 4.60. The highest BCUT2D eigenvalue weighted by atomic mass is 16.5. The quantitative estimate of drug-likeness (QED) is 0.609. The van der Waals surface area contributed by atoms with Crippen molar-refractivity contribution >= 4 is 18.0 Å². The zero-order valence-corrected chi connectivity index (χ0v) is 19.9. The summed E-state index contributed by atoms with van der Waals surface area (Å²) in [6.07, 6.45) is 1.30. The molecule has 7 nitrogen and oxygen atoms in total. The molecule has 0 spiro atoms. The molecule has 2 N–H and O–H groups in total. The van der Waals surface area contributed by atoms with Gasteiger partial charge in [0, 0.05) is 12.5 Å². The number of amides is 2. The number of carbonyl (C=O) groups is 3. The van der Waals surface area contributed by atoms with Gasteiger partial charge in [-0.25, -0.2) is 4.79 Å². The van der Waals surface area contributed by atoms with Gasteiger partial charge in [-0.3, -0.25) is 9.59 Å². The van der Waals surface area contributed by atoms with Crippen molar-refractivity contribution < 1.29 is 24.2 Å². The minimum Gasteiger partial charge on any atom is -0.480 e. The maximum atomic E-state index is 13.3. The Morgan fingerprint density at radius 3 is 2.09 bits per heavy atom. The van der Waals surface area contributed by atoms with E-state index in [4.69, 9.17) is 4.74 Å². The maximum Gasteiger partial charge on any atom is 0.407 e. The monoisotopic (exact) mass is 464 g/mol. The topological polar surface area (TPSA) is 95.9 Å². The third-order valence-corrected chi connectivity index (χ3v) is 6.53. The van der Waals surface area contributed by atoms with Gasteiger partial charge in [-0.2, -0.15) is 0 Å². The lowest BCUT2D eigenvalue weighted by molar-refractivity contribution is -0.146. The first kappa shape index (κ1) is 23.8. The fourth-order valence-corrected chi connectivity index (χ4v) is 4.60. The molecule has 7 heteroatoms. The molecule has 0 saturated heterocycles. The smallest absolute Gasteiger partial charge is 0.407 e. The molecule has 2 aliphatic rings. The first-order valence-corrected chi connectivity index (χ1v) is 11.8. The van der Waals surface area contributed by atoms with Gasteiger partial charge >= 0.3 is 12.1 Å². The van der Waals surface area contributed by atoms with Crippen LogP contribution in [-0.2, 0) is 14.3 Å². The van der Waals surface area contributed by atoms with Crippen molar-refractivity contribution in [2.24, 2.45) is 11.3 Å². The van der Waals surface area contributed by atoms with Crippen LogP contribution in [0.3, 0.4) is 0 Å². The third-order valence-electron chi connectivity index (χ3n) is 6.53. The van der Waals surface area contributed by atoms with Crippen LogP contribution in [0.25, 0.3) is 11.1 Å². The molecule has 1 unspecified atom stereocenters. The first-order valence-electron chi connectivity index (χ1n) is 11.8. The lowest BCUT2D eigenvalue weighted by Gasteiger charge is -2.34. The minimum absolute atomic E-state index is 0.0830. The Balaban J connectivity index is 1.46. The summed E-state index contributed by atoms with van der Waals surface area (Å²) in [5, 5.41) is 12.0. The lowest BCUT2D eigenvalue weighted by atomic mass is 9.85. The van der Waals surface area contributed by atoms with E-state index in [9.17, 15) is 19.5 Å². The van der Waals surface area contributed by atoms with Gasteiger partial charge in [0.05, 0.1) is 0 Å². The van der Waals surface area contributed by atoms with Gasteiger partial charge in [-0.05, 0) is 46.4 Å².